The Kier molecular flexibility index (Phi) is 8.40. The molecule has 208 valence electrons. The molecule has 4 nitrogen and oxygen atoms in total. The summed E-state index contributed by atoms with van der Waals surface area (Å²) in [5, 5.41) is 11.7. The number of hydrogen-bond donors (Lipinski definition) is 3. The number of nitrogens with two attached hydrogens (primary N) is 1. The third-order valence-corrected chi connectivity index (χ3v) is 7.34. The molecule has 1 heterocycles. The molecular weight excluding hydrogens is 516 g/mol. The van der Waals surface area contributed by atoms with Crippen LogP contribution in [0.3, 0.4) is 0 Å². The Labute approximate surface area is 231 Å². The van der Waals surface area contributed by atoms with E-state index in [0.29, 0.717) is 41.8 Å². The zero-order chi connectivity index (χ0) is 29.1. The van der Waals surface area contributed by atoms with Gasteiger partial charge >= 0.3 is 6.18 Å². The molecule has 0 saturated heterocycles. The number of allylic oxidation sites excluding steroid dienone is 3. The number of anilines is 1. The summed E-state index contributed by atoms with van der Waals surface area (Å²) in [6.07, 6.45) is 0.998. The minimum atomic E-state index is -4.79. The minimum Gasteiger partial charge on any atom is -0.355 e. The molecule has 40 heavy (non-hydrogen) atoms. The molecule has 0 aliphatic heterocycles. The van der Waals surface area contributed by atoms with Gasteiger partial charge in [0.15, 0.2) is 0 Å². The van der Waals surface area contributed by atoms with E-state index < -0.39 is 23.0 Å². The van der Waals surface area contributed by atoms with Gasteiger partial charge in [0.25, 0.3) is 0 Å². The lowest BCUT2D eigenvalue weighted by molar-refractivity contribution is -0.140. The van der Waals surface area contributed by atoms with Crippen molar-refractivity contribution in [2.45, 2.75) is 39.3 Å². The van der Waals surface area contributed by atoms with Crippen molar-refractivity contribution in [3.05, 3.63) is 124 Å². The van der Waals surface area contributed by atoms with Crippen molar-refractivity contribution in [3.63, 3.8) is 0 Å². The van der Waals surface area contributed by atoms with Crippen LogP contribution in [0, 0.1) is 30.5 Å². The van der Waals surface area contributed by atoms with Crippen LogP contribution in [0.25, 0.3) is 5.57 Å². The van der Waals surface area contributed by atoms with E-state index in [2.05, 4.69) is 16.9 Å². The first-order valence-electron chi connectivity index (χ1n) is 12.9. The molecule has 0 saturated carbocycles. The number of aryl methyl sites for hydroxylation is 2. The molecule has 1 aliphatic rings. The maximum Gasteiger partial charge on any atom is 0.419 e. The number of rotatable bonds is 9. The highest BCUT2D eigenvalue weighted by molar-refractivity contribution is 5.84. The van der Waals surface area contributed by atoms with Gasteiger partial charge < -0.3 is 16.5 Å². The lowest BCUT2D eigenvalue weighted by atomic mass is 9.62. The van der Waals surface area contributed by atoms with Crippen molar-refractivity contribution in [1.82, 2.24) is 4.98 Å². The summed E-state index contributed by atoms with van der Waals surface area (Å²) >= 11 is 0. The summed E-state index contributed by atoms with van der Waals surface area (Å²) in [6.45, 7) is 8.65. The van der Waals surface area contributed by atoms with Crippen LogP contribution in [0.1, 0.15) is 40.8 Å². The molecule has 0 fully saturated rings. The quantitative estimate of drug-likeness (QED) is 0.189. The van der Waals surface area contributed by atoms with Gasteiger partial charge in [0.1, 0.15) is 5.82 Å². The van der Waals surface area contributed by atoms with Gasteiger partial charge in [0.2, 0.25) is 0 Å². The number of aromatic nitrogens is 1. The number of benzene rings is 2. The lowest BCUT2D eigenvalue weighted by Crippen LogP contribution is -2.34. The van der Waals surface area contributed by atoms with Crippen LogP contribution in [-0.4, -0.2) is 17.7 Å². The van der Waals surface area contributed by atoms with Crippen LogP contribution in [-0.2, 0) is 12.6 Å². The van der Waals surface area contributed by atoms with Crippen molar-refractivity contribution in [2.75, 3.05) is 11.9 Å². The number of halogens is 4. The van der Waals surface area contributed by atoms with Crippen molar-refractivity contribution in [3.8, 4) is 0 Å². The summed E-state index contributed by atoms with van der Waals surface area (Å²) in [5.41, 5.74) is 10.7. The zero-order valence-corrected chi connectivity index (χ0v) is 22.5. The molecule has 0 bridgehead atoms. The van der Waals surface area contributed by atoms with E-state index in [1.54, 1.807) is 6.20 Å². The first-order chi connectivity index (χ1) is 19.0. The Hall–Kier alpha value is -4.04. The summed E-state index contributed by atoms with van der Waals surface area (Å²) in [7, 11) is 0. The Balaban J connectivity index is 1.86. The summed E-state index contributed by atoms with van der Waals surface area (Å²) < 4.78 is 54.5. The Morgan fingerprint density at radius 2 is 1.82 bits per heavy atom. The first-order valence-corrected chi connectivity index (χ1v) is 12.9. The van der Waals surface area contributed by atoms with E-state index in [9.17, 15) is 17.6 Å². The molecule has 1 aliphatic carbocycles. The molecule has 1 aromatic heterocycles. The van der Waals surface area contributed by atoms with Crippen molar-refractivity contribution >= 4 is 17.5 Å². The van der Waals surface area contributed by atoms with Crippen LogP contribution in [0.15, 0.2) is 90.3 Å². The highest BCUT2D eigenvalue weighted by atomic mass is 19.4. The molecular formula is C32H32F4N4. The van der Waals surface area contributed by atoms with Crippen LogP contribution >= 0.6 is 0 Å². The van der Waals surface area contributed by atoms with Gasteiger partial charge in [-0.05, 0) is 104 Å². The van der Waals surface area contributed by atoms with Crippen molar-refractivity contribution in [1.29, 1.82) is 5.41 Å². The summed E-state index contributed by atoms with van der Waals surface area (Å²) in [6, 6.07) is 14.6. The third kappa shape index (κ3) is 6.07. The Morgan fingerprint density at radius 3 is 2.42 bits per heavy atom. The van der Waals surface area contributed by atoms with E-state index in [-0.39, 0.29) is 6.42 Å². The molecule has 3 aromatic rings. The van der Waals surface area contributed by atoms with Gasteiger partial charge in [-0.2, -0.15) is 13.2 Å². The van der Waals surface area contributed by atoms with Gasteiger partial charge in [0.05, 0.1) is 11.3 Å². The van der Waals surface area contributed by atoms with Crippen molar-refractivity contribution in [2.24, 2.45) is 11.1 Å². The fraction of sp³-hybridized carbons (Fsp3) is 0.250. The topological polar surface area (TPSA) is 74.8 Å². The monoisotopic (exact) mass is 548 g/mol. The van der Waals surface area contributed by atoms with E-state index in [4.69, 9.17) is 11.1 Å². The standard InChI is InChI=1S/C32H32F4N4/c1-20-4-7-26(8-5-20)40-30-16-25(10-12-37)31(18-24(30)19-38,22(3)29-14-21(2)11-13-39-29)17-23-6-9-27(28(33)15-23)32(34,35)36/h4-9,11,13-16,19,38,40H,3,10,12,17-18,37H2,1-2H3. The predicted molar refractivity (Wildman–Crippen MR) is 153 cm³/mol. The van der Waals surface area contributed by atoms with Crippen LogP contribution in [0.5, 0.6) is 0 Å². The highest BCUT2D eigenvalue weighted by Crippen LogP contribution is 2.52. The summed E-state index contributed by atoms with van der Waals surface area (Å²) in [4.78, 5) is 4.54. The molecule has 8 heteroatoms. The number of nitrogens with zero attached hydrogens (tertiary/aromatic N) is 1. The molecule has 4 N–H and O–H groups in total. The van der Waals surface area contributed by atoms with Gasteiger partial charge in [-0.3, -0.25) is 4.98 Å². The number of alkyl halides is 3. The third-order valence-electron chi connectivity index (χ3n) is 7.34. The van der Waals surface area contributed by atoms with E-state index in [0.717, 1.165) is 40.2 Å². The fourth-order valence-corrected chi connectivity index (χ4v) is 5.22. The fourth-order valence-electron chi connectivity index (χ4n) is 5.22. The molecule has 0 radical (unpaired) electrons. The SMILES string of the molecule is C=C(c1cc(C)ccn1)C1(Cc2ccc(C(F)(F)F)c(F)c2)CC(C=N)=C(Nc2ccc(C)cc2)C=C1CCN. The first kappa shape index (κ1) is 29.0. The molecule has 2 aromatic carbocycles. The largest absolute Gasteiger partial charge is 0.419 e. The maximum absolute atomic E-state index is 14.7. The minimum absolute atomic E-state index is 0.150. The predicted octanol–water partition coefficient (Wildman–Crippen LogP) is 7.79. The average Bonchev–Trinajstić information content (AvgIpc) is 2.90. The Morgan fingerprint density at radius 1 is 1.10 bits per heavy atom. The number of pyridine rings is 1. The average molecular weight is 549 g/mol. The van der Waals surface area contributed by atoms with E-state index >= 15 is 0 Å². The van der Waals surface area contributed by atoms with E-state index in [1.165, 1.54) is 12.3 Å². The number of hydrogen-bond acceptors (Lipinski definition) is 4. The van der Waals surface area contributed by atoms with Gasteiger partial charge in [-0.15, -0.1) is 0 Å². The van der Waals surface area contributed by atoms with Gasteiger partial charge in [-0.25, -0.2) is 4.39 Å². The second-order valence-corrected chi connectivity index (χ2v) is 10.2. The summed E-state index contributed by atoms with van der Waals surface area (Å²) in [5.74, 6) is -1.33. The normalized spacial score (nSPS) is 17.4. The molecule has 1 atom stereocenters. The van der Waals surface area contributed by atoms with Crippen LogP contribution < -0.4 is 11.1 Å². The van der Waals surface area contributed by atoms with Crippen molar-refractivity contribution < 1.29 is 17.6 Å². The zero-order valence-electron chi connectivity index (χ0n) is 22.5. The van der Waals surface area contributed by atoms with Crippen LogP contribution in [0.2, 0.25) is 0 Å². The molecule has 0 spiro atoms. The number of nitrogens with one attached hydrogen (secondary N) is 2. The van der Waals surface area contributed by atoms with Crippen LogP contribution in [0.4, 0.5) is 23.2 Å². The highest BCUT2D eigenvalue weighted by Gasteiger charge is 2.42. The lowest BCUT2D eigenvalue weighted by Gasteiger charge is -2.42. The maximum atomic E-state index is 14.7. The van der Waals surface area contributed by atoms with E-state index in [1.807, 2.05) is 56.3 Å². The van der Waals surface area contributed by atoms with Gasteiger partial charge in [-0.1, -0.05) is 35.9 Å². The molecule has 1 unspecified atom stereocenters. The smallest absolute Gasteiger partial charge is 0.355 e. The Bertz CT molecular complexity index is 1490. The second kappa shape index (κ2) is 11.6. The molecule has 4 rings (SSSR count). The molecule has 0 amide bonds. The second-order valence-electron chi connectivity index (χ2n) is 10.2. The van der Waals surface area contributed by atoms with Gasteiger partial charge in [0, 0.05) is 29.2 Å².